The molecule has 0 radical (unpaired) electrons. The second-order valence-corrected chi connectivity index (χ2v) is 12.2. The van der Waals surface area contributed by atoms with Crippen molar-refractivity contribution in [3.05, 3.63) is 0 Å². The van der Waals surface area contributed by atoms with E-state index in [0.717, 1.165) is 26.1 Å². The average Bonchev–Trinajstić information content (AvgIpc) is 3.13. The van der Waals surface area contributed by atoms with Gasteiger partial charge in [0.15, 0.2) is 0 Å². The summed E-state index contributed by atoms with van der Waals surface area (Å²) in [6.07, 6.45) is 9.88. The highest BCUT2D eigenvalue weighted by Crippen LogP contribution is 2.02. The van der Waals surface area contributed by atoms with Crippen molar-refractivity contribution in [1.29, 1.82) is 0 Å². The molecule has 0 aromatic rings. The van der Waals surface area contributed by atoms with Gasteiger partial charge in [-0.2, -0.15) is 0 Å². The summed E-state index contributed by atoms with van der Waals surface area (Å²) in [5.41, 5.74) is 0. The molecule has 0 unspecified atom stereocenters. The van der Waals surface area contributed by atoms with Crippen molar-refractivity contribution in [1.82, 2.24) is 0 Å². The van der Waals surface area contributed by atoms with Crippen molar-refractivity contribution in [3.8, 4) is 0 Å². The third kappa shape index (κ3) is 48.2. The lowest BCUT2D eigenvalue weighted by Gasteiger charge is -2.09. The molecule has 13 nitrogen and oxygen atoms in total. The van der Waals surface area contributed by atoms with E-state index in [-0.39, 0.29) is 0 Å². The Hall–Kier alpha value is 0.210. The summed E-state index contributed by atoms with van der Waals surface area (Å²) in [6.45, 7) is 17.0. The second kappa shape index (κ2) is 49.2. The van der Waals surface area contributed by atoms with E-state index in [1.807, 2.05) is 0 Å². The predicted octanol–water partition coefficient (Wildman–Crippen LogP) is 4.78. The number of halogens is 1. The quantitative estimate of drug-likeness (QED) is 0.0476. The Morgan fingerprint density at radius 1 is 0.220 bits per heavy atom. The Morgan fingerprint density at radius 3 is 0.600 bits per heavy atom. The standard InChI is InChI=1S/C36H73IO13/c1-2-3-4-8-11-38-13-15-40-17-19-42-21-23-44-25-27-46-29-31-48-33-35-50-36-34-49-32-30-47-28-26-45-24-22-43-20-18-41-16-14-39-12-9-6-5-7-10-37/h2-36H2,1H3. The first-order valence-electron chi connectivity index (χ1n) is 19.0. The van der Waals surface area contributed by atoms with Crippen molar-refractivity contribution < 1.29 is 61.6 Å². The molecule has 0 saturated carbocycles. The lowest BCUT2D eigenvalue weighted by Crippen LogP contribution is -2.15. The highest BCUT2D eigenvalue weighted by molar-refractivity contribution is 14.1. The van der Waals surface area contributed by atoms with Gasteiger partial charge >= 0.3 is 0 Å². The van der Waals surface area contributed by atoms with E-state index in [4.69, 9.17) is 61.6 Å². The molecule has 0 amide bonds. The van der Waals surface area contributed by atoms with Crippen molar-refractivity contribution in [2.75, 3.05) is 176 Å². The van der Waals surface area contributed by atoms with Crippen LogP contribution in [0.25, 0.3) is 0 Å². The van der Waals surface area contributed by atoms with Crippen molar-refractivity contribution in [2.24, 2.45) is 0 Å². The maximum Gasteiger partial charge on any atom is 0.0701 e. The summed E-state index contributed by atoms with van der Waals surface area (Å²) >= 11 is 2.42. The minimum atomic E-state index is 0.517. The van der Waals surface area contributed by atoms with Crippen molar-refractivity contribution >= 4 is 22.6 Å². The van der Waals surface area contributed by atoms with Gasteiger partial charge in [0.2, 0.25) is 0 Å². The number of rotatable bonds is 47. The first-order chi connectivity index (χ1) is 24.9. The molecular weight excluding hydrogens is 767 g/mol. The van der Waals surface area contributed by atoms with E-state index >= 15 is 0 Å². The van der Waals surface area contributed by atoms with Crippen LogP contribution in [0.3, 0.4) is 0 Å². The maximum atomic E-state index is 5.56. The SMILES string of the molecule is CCCCCCOCCOCCOCCOCCOCCOCCOCCOCCOCCOCCOCCOCCOCCCCCCI. The normalized spacial score (nSPS) is 11.6. The minimum Gasteiger partial charge on any atom is -0.379 e. The minimum absolute atomic E-state index is 0.517. The van der Waals surface area contributed by atoms with Crippen LogP contribution in [0.1, 0.15) is 58.3 Å². The average molecular weight is 841 g/mol. The van der Waals surface area contributed by atoms with Crippen LogP contribution in [0.4, 0.5) is 0 Å². The lowest BCUT2D eigenvalue weighted by molar-refractivity contribution is -0.0290. The van der Waals surface area contributed by atoms with Crippen LogP contribution < -0.4 is 0 Å². The summed E-state index contributed by atoms with van der Waals surface area (Å²) in [5, 5.41) is 0. The Kier molecular flexibility index (Phi) is 49.4. The van der Waals surface area contributed by atoms with Crippen LogP contribution in [0, 0.1) is 0 Å². The van der Waals surface area contributed by atoms with Gasteiger partial charge in [0.1, 0.15) is 0 Å². The van der Waals surface area contributed by atoms with Gasteiger partial charge < -0.3 is 61.6 Å². The molecule has 0 rings (SSSR count). The summed E-state index contributed by atoms with van der Waals surface area (Å²) in [7, 11) is 0. The van der Waals surface area contributed by atoms with Crippen LogP contribution in [-0.2, 0) is 61.6 Å². The third-order valence-electron chi connectivity index (χ3n) is 6.78. The molecule has 0 spiro atoms. The molecule has 0 atom stereocenters. The van der Waals surface area contributed by atoms with Gasteiger partial charge in [-0.05, 0) is 23.7 Å². The van der Waals surface area contributed by atoms with Gasteiger partial charge in [-0.3, -0.25) is 0 Å². The molecule has 0 heterocycles. The Bertz CT molecular complexity index is 536. The van der Waals surface area contributed by atoms with Crippen LogP contribution >= 0.6 is 22.6 Å². The molecule has 302 valence electrons. The van der Waals surface area contributed by atoms with Gasteiger partial charge in [-0.15, -0.1) is 0 Å². The Balaban J connectivity index is 3.04. The number of ether oxygens (including phenoxy) is 13. The maximum absolute atomic E-state index is 5.56. The molecule has 0 aliphatic heterocycles. The van der Waals surface area contributed by atoms with Gasteiger partial charge in [0, 0.05) is 13.2 Å². The number of alkyl halides is 1. The highest BCUT2D eigenvalue weighted by atomic mass is 127. The Morgan fingerprint density at radius 2 is 0.400 bits per heavy atom. The Labute approximate surface area is 317 Å². The van der Waals surface area contributed by atoms with E-state index in [9.17, 15) is 0 Å². The highest BCUT2D eigenvalue weighted by Gasteiger charge is 1.97. The van der Waals surface area contributed by atoms with Gasteiger partial charge in [-0.25, -0.2) is 0 Å². The topological polar surface area (TPSA) is 120 Å². The zero-order chi connectivity index (χ0) is 35.9. The second-order valence-electron chi connectivity index (χ2n) is 11.1. The van der Waals surface area contributed by atoms with Crippen molar-refractivity contribution in [3.63, 3.8) is 0 Å². The van der Waals surface area contributed by atoms with Crippen LogP contribution in [-0.4, -0.2) is 176 Å². The third-order valence-corrected chi connectivity index (χ3v) is 7.54. The number of hydrogen-bond acceptors (Lipinski definition) is 13. The molecule has 0 N–H and O–H groups in total. The smallest absolute Gasteiger partial charge is 0.0701 e. The zero-order valence-corrected chi connectivity index (χ0v) is 33.6. The molecule has 14 heteroatoms. The summed E-state index contributed by atoms with van der Waals surface area (Å²) < 4.78 is 72.8. The number of unbranched alkanes of at least 4 members (excludes halogenated alkanes) is 6. The molecule has 0 aromatic heterocycles. The first-order valence-corrected chi connectivity index (χ1v) is 20.5. The summed E-state index contributed by atoms with van der Waals surface area (Å²) in [5.74, 6) is 0. The molecule has 50 heavy (non-hydrogen) atoms. The van der Waals surface area contributed by atoms with E-state index in [2.05, 4.69) is 29.5 Å². The molecular formula is C36H73IO13. The fourth-order valence-corrected chi connectivity index (χ4v) is 4.56. The fraction of sp³-hybridized carbons (Fsp3) is 1.00. The summed E-state index contributed by atoms with van der Waals surface area (Å²) in [4.78, 5) is 0. The molecule has 0 fully saturated rings. The molecule has 0 aliphatic carbocycles. The van der Waals surface area contributed by atoms with E-state index in [0.29, 0.717) is 159 Å². The monoisotopic (exact) mass is 840 g/mol. The van der Waals surface area contributed by atoms with Crippen LogP contribution in [0.2, 0.25) is 0 Å². The fourth-order valence-electron chi connectivity index (χ4n) is 4.02. The zero-order valence-electron chi connectivity index (χ0n) is 31.4. The summed E-state index contributed by atoms with van der Waals surface area (Å²) in [6, 6.07) is 0. The lowest BCUT2D eigenvalue weighted by atomic mass is 10.2. The van der Waals surface area contributed by atoms with Crippen LogP contribution in [0.15, 0.2) is 0 Å². The predicted molar refractivity (Wildman–Crippen MR) is 202 cm³/mol. The van der Waals surface area contributed by atoms with Gasteiger partial charge in [-0.1, -0.05) is 61.6 Å². The largest absolute Gasteiger partial charge is 0.379 e. The molecule has 0 bridgehead atoms. The first kappa shape index (κ1) is 50.2. The molecule has 0 aliphatic rings. The number of hydrogen-bond donors (Lipinski definition) is 0. The van der Waals surface area contributed by atoms with Gasteiger partial charge in [0.25, 0.3) is 0 Å². The van der Waals surface area contributed by atoms with Crippen LogP contribution in [0.5, 0.6) is 0 Å². The van der Waals surface area contributed by atoms with Crippen molar-refractivity contribution in [2.45, 2.75) is 58.3 Å². The van der Waals surface area contributed by atoms with E-state index in [1.54, 1.807) is 0 Å². The molecule has 0 saturated heterocycles. The van der Waals surface area contributed by atoms with E-state index < -0.39 is 0 Å². The van der Waals surface area contributed by atoms with E-state index in [1.165, 1.54) is 43.0 Å². The van der Waals surface area contributed by atoms with Gasteiger partial charge in [0.05, 0.1) is 159 Å². The molecule has 0 aromatic carbocycles.